The molecule has 0 saturated carbocycles. The van der Waals surface area contributed by atoms with Crippen LogP contribution in [0.1, 0.15) is 66.4 Å². The van der Waals surface area contributed by atoms with Crippen LogP contribution in [-0.2, 0) is 25.4 Å². The summed E-state index contributed by atoms with van der Waals surface area (Å²) in [5.74, 6) is -0.962. The van der Waals surface area contributed by atoms with Crippen LogP contribution in [-0.4, -0.2) is 53.5 Å². The lowest BCUT2D eigenvalue weighted by Crippen LogP contribution is -2.45. The Bertz CT molecular complexity index is 1380. The van der Waals surface area contributed by atoms with Crippen LogP contribution in [0.4, 0.5) is 14.0 Å². The number of azide groups is 1. The Labute approximate surface area is 256 Å². The number of carbonyl (C=O) groups excluding carboxylic acids is 3. The third kappa shape index (κ3) is 9.33. The average Bonchev–Trinajstić information content (AvgIpc) is 3.17. The molecule has 2 amide bonds. The number of carbonyl (C=O) groups is 3. The maximum Gasteiger partial charge on any atom is 0.508 e. The number of ether oxygens (including phenoxy) is 3. The zero-order valence-corrected chi connectivity index (χ0v) is 26.1. The molecule has 1 unspecified atom stereocenters. The summed E-state index contributed by atoms with van der Waals surface area (Å²) in [6, 6.07) is 11.0. The number of aryl methyl sites for hydroxylation is 1. The molecule has 232 valence electrons. The summed E-state index contributed by atoms with van der Waals surface area (Å²) < 4.78 is 30.6. The third-order valence-electron chi connectivity index (χ3n) is 6.82. The Morgan fingerprint density at radius 3 is 2.35 bits per heavy atom. The molecule has 0 radical (unpaired) electrons. The van der Waals surface area contributed by atoms with E-state index < -0.39 is 40.8 Å². The van der Waals surface area contributed by atoms with Crippen molar-refractivity contribution >= 4 is 29.8 Å². The van der Waals surface area contributed by atoms with Crippen molar-refractivity contribution < 1.29 is 33.0 Å². The molecule has 0 aliphatic carbocycles. The van der Waals surface area contributed by atoms with Crippen LogP contribution in [0.5, 0.6) is 0 Å². The van der Waals surface area contributed by atoms with Gasteiger partial charge in [0.05, 0.1) is 5.41 Å². The first-order valence-electron chi connectivity index (χ1n) is 14.0. The first-order valence-corrected chi connectivity index (χ1v) is 14.4. The molecular weight excluding hydrogens is 579 g/mol. The molecule has 10 nitrogen and oxygen atoms in total. The fourth-order valence-corrected chi connectivity index (χ4v) is 5.09. The molecular formula is C31H38ClFN4O6. The SMILES string of the molecule is CC(C)(C)OC(=O)OCC1(CCN=[N+]=[N-])C[C@@H](CCc2ccc(-c3cc(Cl)ccc3F)cc2)N(C(=O)OC(C)(C)C)C1=O. The quantitative estimate of drug-likeness (QED) is 0.121. The summed E-state index contributed by atoms with van der Waals surface area (Å²) in [6.45, 7) is 9.75. The summed E-state index contributed by atoms with van der Waals surface area (Å²) in [6.07, 6.45) is -0.695. The molecule has 1 heterocycles. The second kappa shape index (κ2) is 13.7. The number of likely N-dealkylation sites (tertiary alicyclic amines) is 1. The number of halogens is 2. The van der Waals surface area contributed by atoms with Crippen molar-refractivity contribution in [3.05, 3.63) is 69.3 Å². The summed E-state index contributed by atoms with van der Waals surface area (Å²) in [5.41, 5.74) is 7.78. The molecule has 2 atom stereocenters. The summed E-state index contributed by atoms with van der Waals surface area (Å²) in [5, 5.41) is 4.01. The number of hydrogen-bond acceptors (Lipinski definition) is 7. The smallest absolute Gasteiger partial charge is 0.443 e. The number of hydrogen-bond donors (Lipinski definition) is 0. The largest absolute Gasteiger partial charge is 0.508 e. The Hall–Kier alpha value is -3.82. The van der Waals surface area contributed by atoms with Crippen molar-refractivity contribution in [1.29, 1.82) is 0 Å². The van der Waals surface area contributed by atoms with Crippen molar-refractivity contribution in [2.45, 2.75) is 84.5 Å². The second-order valence-corrected chi connectivity index (χ2v) is 13.0. The lowest BCUT2D eigenvalue weighted by Gasteiger charge is -2.28. The van der Waals surface area contributed by atoms with Crippen LogP contribution >= 0.6 is 11.6 Å². The highest BCUT2D eigenvalue weighted by molar-refractivity contribution is 6.30. The van der Waals surface area contributed by atoms with Gasteiger partial charge in [0.25, 0.3) is 0 Å². The van der Waals surface area contributed by atoms with Crippen LogP contribution in [0, 0.1) is 11.2 Å². The normalized spacial score (nSPS) is 18.7. The number of imide groups is 1. The number of benzene rings is 2. The Kier molecular flexibility index (Phi) is 10.7. The van der Waals surface area contributed by atoms with Gasteiger partial charge in [0.15, 0.2) is 0 Å². The monoisotopic (exact) mass is 616 g/mol. The molecule has 12 heteroatoms. The Balaban J connectivity index is 1.86. The van der Waals surface area contributed by atoms with E-state index in [0.717, 1.165) is 10.5 Å². The zero-order valence-electron chi connectivity index (χ0n) is 25.4. The molecule has 1 fully saturated rings. The molecule has 3 rings (SSSR count). The summed E-state index contributed by atoms with van der Waals surface area (Å²) >= 11 is 6.05. The molecule has 1 aliphatic heterocycles. The van der Waals surface area contributed by atoms with Crippen molar-refractivity contribution in [2.24, 2.45) is 10.5 Å². The van der Waals surface area contributed by atoms with Gasteiger partial charge in [-0.3, -0.25) is 4.79 Å². The fraction of sp³-hybridized carbons (Fsp3) is 0.516. The number of nitrogens with zero attached hydrogens (tertiary/aromatic N) is 4. The maximum absolute atomic E-state index is 14.4. The number of amides is 2. The van der Waals surface area contributed by atoms with E-state index >= 15 is 0 Å². The first-order chi connectivity index (χ1) is 20.0. The van der Waals surface area contributed by atoms with Crippen molar-refractivity contribution in [1.82, 2.24) is 4.90 Å². The van der Waals surface area contributed by atoms with E-state index in [4.69, 9.17) is 31.3 Å². The lowest BCUT2D eigenvalue weighted by molar-refractivity contribution is -0.138. The standard InChI is InChI=1S/C31H38ClFN4O6/c1-29(2,3)42-27(39)37-23(13-9-20-7-10-21(11-8-20)24-17-22(32)12-14-25(24)33)18-31(26(37)38,15-16-35-36-34)19-41-28(40)43-30(4,5)6/h7-8,10-12,14,17,23H,9,13,15-16,18-19H2,1-6H3/t23-,31?/m1/s1. The first kappa shape index (κ1) is 33.7. The summed E-state index contributed by atoms with van der Waals surface area (Å²) in [4.78, 5) is 43.5. The zero-order chi connectivity index (χ0) is 32.0. The van der Waals surface area contributed by atoms with Crippen LogP contribution in [0.2, 0.25) is 5.02 Å². The van der Waals surface area contributed by atoms with E-state index in [2.05, 4.69) is 10.0 Å². The Morgan fingerprint density at radius 2 is 1.74 bits per heavy atom. The van der Waals surface area contributed by atoms with E-state index in [1.807, 2.05) is 12.1 Å². The van der Waals surface area contributed by atoms with E-state index in [1.54, 1.807) is 59.7 Å². The van der Waals surface area contributed by atoms with Crippen LogP contribution in [0.3, 0.4) is 0 Å². The topological polar surface area (TPSA) is 131 Å². The minimum Gasteiger partial charge on any atom is -0.443 e. The highest BCUT2D eigenvalue weighted by atomic mass is 35.5. The van der Waals surface area contributed by atoms with Gasteiger partial charge in [-0.25, -0.2) is 18.9 Å². The van der Waals surface area contributed by atoms with E-state index in [-0.39, 0.29) is 31.8 Å². The predicted molar refractivity (Wildman–Crippen MR) is 160 cm³/mol. The van der Waals surface area contributed by atoms with Crippen LogP contribution in [0.15, 0.2) is 47.6 Å². The summed E-state index contributed by atoms with van der Waals surface area (Å²) in [7, 11) is 0. The molecule has 1 aliphatic rings. The molecule has 1 saturated heterocycles. The molecule has 0 spiro atoms. The van der Waals surface area contributed by atoms with E-state index in [9.17, 15) is 18.8 Å². The van der Waals surface area contributed by atoms with Gasteiger partial charge in [0, 0.05) is 28.1 Å². The minimum absolute atomic E-state index is 0.0453. The highest BCUT2D eigenvalue weighted by Crippen LogP contribution is 2.42. The minimum atomic E-state index is -1.33. The molecule has 0 N–H and O–H groups in total. The molecule has 43 heavy (non-hydrogen) atoms. The average molecular weight is 617 g/mol. The van der Waals surface area contributed by atoms with Gasteiger partial charge >= 0.3 is 12.2 Å². The van der Waals surface area contributed by atoms with E-state index in [1.165, 1.54) is 12.1 Å². The van der Waals surface area contributed by atoms with Gasteiger partial charge in [-0.2, -0.15) is 0 Å². The molecule has 0 aromatic heterocycles. The van der Waals surface area contributed by atoms with Crippen LogP contribution < -0.4 is 0 Å². The molecule has 2 aromatic carbocycles. The van der Waals surface area contributed by atoms with Gasteiger partial charge in [-0.05, 0) is 102 Å². The van der Waals surface area contributed by atoms with Crippen LogP contribution in [0.25, 0.3) is 21.6 Å². The van der Waals surface area contributed by atoms with Gasteiger partial charge in [0.2, 0.25) is 5.91 Å². The Morgan fingerprint density at radius 1 is 1.09 bits per heavy atom. The van der Waals surface area contributed by atoms with Gasteiger partial charge in [0.1, 0.15) is 23.6 Å². The van der Waals surface area contributed by atoms with Gasteiger partial charge in [-0.15, -0.1) is 0 Å². The van der Waals surface area contributed by atoms with Gasteiger partial charge in [-0.1, -0.05) is 41.0 Å². The molecule has 0 bridgehead atoms. The predicted octanol–water partition coefficient (Wildman–Crippen LogP) is 8.25. The van der Waals surface area contributed by atoms with Crippen molar-refractivity contribution in [2.75, 3.05) is 13.2 Å². The number of rotatable bonds is 9. The second-order valence-electron chi connectivity index (χ2n) is 12.6. The van der Waals surface area contributed by atoms with Crippen molar-refractivity contribution in [3.63, 3.8) is 0 Å². The van der Waals surface area contributed by atoms with Crippen molar-refractivity contribution in [3.8, 4) is 11.1 Å². The highest BCUT2D eigenvalue weighted by Gasteiger charge is 2.55. The maximum atomic E-state index is 14.4. The fourth-order valence-electron chi connectivity index (χ4n) is 4.92. The van der Waals surface area contributed by atoms with Gasteiger partial charge < -0.3 is 14.2 Å². The third-order valence-corrected chi connectivity index (χ3v) is 7.06. The lowest BCUT2D eigenvalue weighted by atomic mass is 9.81. The molecule has 2 aromatic rings. The van der Waals surface area contributed by atoms with E-state index in [0.29, 0.717) is 29.0 Å².